The number of rotatable bonds is 5. The molecule has 2 rings (SSSR count). The van der Waals surface area contributed by atoms with Gasteiger partial charge < -0.3 is 10.4 Å². The number of aliphatic hydroxyl groups excluding tert-OH is 1. The van der Waals surface area contributed by atoms with E-state index in [-0.39, 0.29) is 23.5 Å². The van der Waals surface area contributed by atoms with Gasteiger partial charge in [0.15, 0.2) is 5.78 Å². The highest BCUT2D eigenvalue weighted by Crippen LogP contribution is 2.15. The third kappa shape index (κ3) is 3.77. The van der Waals surface area contributed by atoms with Crippen LogP contribution < -0.4 is 5.32 Å². The Bertz CT molecular complexity index is 681. The van der Waals surface area contributed by atoms with Crippen molar-refractivity contribution in [3.05, 3.63) is 71.0 Å². The standard InChI is InChI=1S/C17H16FNO3/c1-11(20)10-19-17(22)15-5-3-2-4-14(15)16(21)12-6-8-13(18)9-7-12/h2-9,11,20H,10H2,1H3,(H,19,22). The Morgan fingerprint density at radius 1 is 1.09 bits per heavy atom. The molecule has 22 heavy (non-hydrogen) atoms. The van der Waals surface area contributed by atoms with Gasteiger partial charge in [0.25, 0.3) is 5.91 Å². The molecule has 1 unspecified atom stereocenters. The van der Waals surface area contributed by atoms with E-state index >= 15 is 0 Å². The van der Waals surface area contributed by atoms with E-state index in [1.807, 2.05) is 0 Å². The zero-order valence-electron chi connectivity index (χ0n) is 12.0. The molecule has 5 heteroatoms. The van der Waals surface area contributed by atoms with E-state index in [0.29, 0.717) is 5.56 Å². The van der Waals surface area contributed by atoms with Crippen molar-refractivity contribution in [2.75, 3.05) is 6.54 Å². The van der Waals surface area contributed by atoms with Gasteiger partial charge in [-0.25, -0.2) is 4.39 Å². The summed E-state index contributed by atoms with van der Waals surface area (Å²) in [6.07, 6.45) is -0.677. The minimum atomic E-state index is -0.677. The molecule has 0 saturated heterocycles. The normalized spacial score (nSPS) is 11.8. The lowest BCUT2D eigenvalue weighted by molar-refractivity contribution is 0.0915. The van der Waals surface area contributed by atoms with Gasteiger partial charge in [-0.3, -0.25) is 9.59 Å². The Hall–Kier alpha value is -2.53. The summed E-state index contributed by atoms with van der Waals surface area (Å²) in [6.45, 7) is 1.65. The molecule has 0 aliphatic rings. The number of hydrogen-bond acceptors (Lipinski definition) is 3. The van der Waals surface area contributed by atoms with Crippen LogP contribution in [0.15, 0.2) is 48.5 Å². The highest BCUT2D eigenvalue weighted by atomic mass is 19.1. The van der Waals surface area contributed by atoms with Gasteiger partial charge in [-0.15, -0.1) is 0 Å². The molecular formula is C17H16FNO3. The molecule has 114 valence electrons. The van der Waals surface area contributed by atoms with Gasteiger partial charge in [0, 0.05) is 17.7 Å². The van der Waals surface area contributed by atoms with Crippen LogP contribution in [-0.4, -0.2) is 29.4 Å². The molecule has 2 N–H and O–H groups in total. The van der Waals surface area contributed by atoms with Crippen molar-refractivity contribution in [3.63, 3.8) is 0 Å². The molecule has 0 saturated carbocycles. The molecule has 0 aliphatic carbocycles. The Labute approximate surface area is 127 Å². The third-order valence-corrected chi connectivity index (χ3v) is 3.08. The molecular weight excluding hydrogens is 285 g/mol. The first-order valence-electron chi connectivity index (χ1n) is 6.84. The van der Waals surface area contributed by atoms with E-state index in [0.717, 1.165) is 0 Å². The van der Waals surface area contributed by atoms with Gasteiger partial charge >= 0.3 is 0 Å². The highest BCUT2D eigenvalue weighted by molar-refractivity contribution is 6.15. The van der Waals surface area contributed by atoms with Crippen LogP contribution >= 0.6 is 0 Å². The first kappa shape index (κ1) is 15.9. The molecule has 4 nitrogen and oxygen atoms in total. The molecule has 0 spiro atoms. The maximum atomic E-state index is 12.9. The van der Waals surface area contributed by atoms with Crippen molar-refractivity contribution < 1.29 is 19.1 Å². The molecule has 0 aliphatic heterocycles. The number of carbonyl (C=O) groups excluding carboxylic acids is 2. The Balaban J connectivity index is 2.29. The maximum absolute atomic E-state index is 12.9. The third-order valence-electron chi connectivity index (χ3n) is 3.08. The lowest BCUT2D eigenvalue weighted by Crippen LogP contribution is -2.31. The smallest absolute Gasteiger partial charge is 0.252 e. The molecule has 1 atom stereocenters. The quantitative estimate of drug-likeness (QED) is 0.832. The number of aliphatic hydroxyl groups is 1. The SMILES string of the molecule is CC(O)CNC(=O)c1ccccc1C(=O)c1ccc(F)cc1. The van der Waals surface area contributed by atoms with Crippen LogP contribution in [0.5, 0.6) is 0 Å². The first-order chi connectivity index (χ1) is 10.5. The Morgan fingerprint density at radius 2 is 1.68 bits per heavy atom. The summed E-state index contributed by atoms with van der Waals surface area (Å²) >= 11 is 0. The second-order valence-electron chi connectivity index (χ2n) is 4.94. The summed E-state index contributed by atoms with van der Waals surface area (Å²) in [6, 6.07) is 11.5. The van der Waals surface area contributed by atoms with Gasteiger partial charge in [0.1, 0.15) is 5.82 Å². The molecule has 1 amide bonds. The van der Waals surface area contributed by atoms with Crippen LogP contribution in [0.3, 0.4) is 0 Å². The first-order valence-corrected chi connectivity index (χ1v) is 6.84. The summed E-state index contributed by atoms with van der Waals surface area (Å²) in [7, 11) is 0. The maximum Gasteiger partial charge on any atom is 0.252 e. The van der Waals surface area contributed by atoms with Gasteiger partial charge in [0.2, 0.25) is 0 Å². The lowest BCUT2D eigenvalue weighted by Gasteiger charge is -2.10. The number of halogens is 1. The second-order valence-corrected chi connectivity index (χ2v) is 4.94. The van der Waals surface area contributed by atoms with Crippen molar-refractivity contribution >= 4 is 11.7 Å². The van der Waals surface area contributed by atoms with Crippen LogP contribution in [0.4, 0.5) is 4.39 Å². The van der Waals surface area contributed by atoms with Crippen LogP contribution in [0.1, 0.15) is 33.2 Å². The fraction of sp³-hybridized carbons (Fsp3) is 0.176. The number of nitrogens with one attached hydrogen (secondary N) is 1. The number of ketones is 1. The minimum Gasteiger partial charge on any atom is -0.392 e. The number of benzene rings is 2. The van der Waals surface area contributed by atoms with E-state index in [1.165, 1.54) is 30.3 Å². The zero-order valence-corrected chi connectivity index (χ0v) is 12.0. The van der Waals surface area contributed by atoms with Crippen LogP contribution in [-0.2, 0) is 0 Å². The van der Waals surface area contributed by atoms with Crippen molar-refractivity contribution in [2.24, 2.45) is 0 Å². The number of amides is 1. The van der Waals surface area contributed by atoms with E-state index in [2.05, 4.69) is 5.32 Å². The molecule has 2 aromatic carbocycles. The molecule has 0 heterocycles. The Kier molecular flexibility index (Phi) is 5.01. The predicted molar refractivity (Wildman–Crippen MR) is 80.3 cm³/mol. The van der Waals surface area contributed by atoms with Crippen molar-refractivity contribution in [1.29, 1.82) is 0 Å². The fourth-order valence-corrected chi connectivity index (χ4v) is 1.97. The number of hydrogen-bond donors (Lipinski definition) is 2. The highest BCUT2D eigenvalue weighted by Gasteiger charge is 2.18. The predicted octanol–water partition coefficient (Wildman–Crippen LogP) is 2.17. The van der Waals surface area contributed by atoms with E-state index in [4.69, 9.17) is 0 Å². The summed E-state index contributed by atoms with van der Waals surface area (Å²) in [4.78, 5) is 24.6. The topological polar surface area (TPSA) is 66.4 Å². The van der Waals surface area contributed by atoms with E-state index < -0.39 is 17.8 Å². The van der Waals surface area contributed by atoms with Gasteiger partial charge in [-0.1, -0.05) is 18.2 Å². The van der Waals surface area contributed by atoms with Crippen LogP contribution in [0.2, 0.25) is 0 Å². The molecule has 2 aromatic rings. The van der Waals surface area contributed by atoms with Crippen LogP contribution in [0.25, 0.3) is 0 Å². The molecule has 0 radical (unpaired) electrons. The minimum absolute atomic E-state index is 0.0951. The van der Waals surface area contributed by atoms with E-state index in [9.17, 15) is 19.1 Å². The average Bonchev–Trinajstić information content (AvgIpc) is 2.52. The van der Waals surface area contributed by atoms with Gasteiger partial charge in [0.05, 0.1) is 11.7 Å². The monoisotopic (exact) mass is 301 g/mol. The zero-order chi connectivity index (χ0) is 16.1. The van der Waals surface area contributed by atoms with Gasteiger partial charge in [-0.2, -0.15) is 0 Å². The summed E-state index contributed by atoms with van der Waals surface area (Å²) in [5.41, 5.74) is 0.756. The summed E-state index contributed by atoms with van der Waals surface area (Å²) in [5, 5.41) is 11.8. The molecule has 0 aromatic heterocycles. The van der Waals surface area contributed by atoms with Crippen molar-refractivity contribution in [3.8, 4) is 0 Å². The Morgan fingerprint density at radius 3 is 2.27 bits per heavy atom. The van der Waals surface area contributed by atoms with E-state index in [1.54, 1.807) is 25.1 Å². The second kappa shape index (κ2) is 6.95. The van der Waals surface area contributed by atoms with Crippen LogP contribution in [0, 0.1) is 5.82 Å². The summed E-state index contributed by atoms with van der Waals surface area (Å²) in [5.74, 6) is -1.23. The lowest BCUT2D eigenvalue weighted by atomic mass is 9.98. The van der Waals surface area contributed by atoms with Crippen molar-refractivity contribution in [2.45, 2.75) is 13.0 Å². The molecule has 0 fully saturated rings. The fourth-order valence-electron chi connectivity index (χ4n) is 1.97. The van der Waals surface area contributed by atoms with Crippen molar-refractivity contribution in [1.82, 2.24) is 5.32 Å². The average molecular weight is 301 g/mol. The summed E-state index contributed by atoms with van der Waals surface area (Å²) < 4.78 is 12.9. The molecule has 0 bridgehead atoms. The number of carbonyl (C=O) groups is 2. The van der Waals surface area contributed by atoms with Gasteiger partial charge in [-0.05, 0) is 37.3 Å². The largest absolute Gasteiger partial charge is 0.392 e.